The van der Waals surface area contributed by atoms with E-state index in [-0.39, 0.29) is 5.91 Å². The van der Waals surface area contributed by atoms with E-state index >= 15 is 0 Å². The summed E-state index contributed by atoms with van der Waals surface area (Å²) in [4.78, 5) is 14.0. The van der Waals surface area contributed by atoms with Crippen LogP contribution in [-0.4, -0.2) is 42.5 Å². The quantitative estimate of drug-likeness (QED) is 0.632. The molecule has 1 aliphatic rings. The number of nitrogens with one attached hydrogen (secondary N) is 1. The Labute approximate surface area is 105 Å². The summed E-state index contributed by atoms with van der Waals surface area (Å²) in [7, 11) is 0. The molecule has 17 heavy (non-hydrogen) atoms. The van der Waals surface area contributed by atoms with Crippen LogP contribution in [0.3, 0.4) is 0 Å². The molecule has 0 bridgehead atoms. The summed E-state index contributed by atoms with van der Waals surface area (Å²) >= 11 is 0. The molecule has 0 aromatic carbocycles. The minimum absolute atomic E-state index is 0.179. The first-order valence-electron chi connectivity index (χ1n) is 6.88. The van der Waals surface area contributed by atoms with Gasteiger partial charge in [-0.3, -0.25) is 4.79 Å². The van der Waals surface area contributed by atoms with E-state index in [1.807, 2.05) is 6.92 Å². The maximum absolute atomic E-state index is 11.7. The van der Waals surface area contributed by atoms with Gasteiger partial charge in [-0.25, -0.2) is 0 Å². The van der Waals surface area contributed by atoms with Crippen molar-refractivity contribution < 1.29 is 4.79 Å². The normalized spacial score (nSPS) is 19.3. The maximum Gasteiger partial charge on any atom is 0.238 e. The number of hydrogen-bond acceptors (Lipinski definition) is 3. The molecule has 1 amide bonds. The van der Waals surface area contributed by atoms with Gasteiger partial charge in [0.25, 0.3) is 0 Å². The highest BCUT2D eigenvalue weighted by molar-refractivity contribution is 5.85. The molecule has 1 saturated carbocycles. The number of carbonyl (C=O) groups is 1. The van der Waals surface area contributed by atoms with Gasteiger partial charge in [-0.1, -0.05) is 20.8 Å². The topological polar surface area (TPSA) is 58.4 Å². The number of nitrogens with two attached hydrogens (primary N) is 1. The molecule has 3 N–H and O–H groups in total. The van der Waals surface area contributed by atoms with E-state index in [9.17, 15) is 4.79 Å². The van der Waals surface area contributed by atoms with Crippen molar-refractivity contribution in [3.05, 3.63) is 0 Å². The molecule has 0 heterocycles. The molecule has 1 rings (SSSR count). The van der Waals surface area contributed by atoms with Crippen molar-refractivity contribution in [1.82, 2.24) is 10.2 Å². The molecule has 0 aromatic heterocycles. The number of carbonyl (C=O) groups excluding carboxylic acids is 1. The molecule has 100 valence electrons. The number of hydrogen-bond donors (Lipinski definition) is 2. The Morgan fingerprint density at radius 1 is 1.35 bits per heavy atom. The smallest absolute Gasteiger partial charge is 0.238 e. The SMILES string of the molecule is CCN(CC)CCNC(CC)(C(N)=O)C1CC1. The molecule has 4 heteroatoms. The molecule has 0 radical (unpaired) electrons. The van der Waals surface area contributed by atoms with Crippen LogP contribution in [0.15, 0.2) is 0 Å². The van der Waals surface area contributed by atoms with Gasteiger partial charge in [0, 0.05) is 13.1 Å². The summed E-state index contributed by atoms with van der Waals surface area (Å²) in [6, 6.07) is 0. The van der Waals surface area contributed by atoms with Crippen LogP contribution in [-0.2, 0) is 4.79 Å². The zero-order chi connectivity index (χ0) is 12.9. The van der Waals surface area contributed by atoms with E-state index < -0.39 is 5.54 Å². The lowest BCUT2D eigenvalue weighted by Crippen LogP contribution is -2.58. The minimum Gasteiger partial charge on any atom is -0.368 e. The monoisotopic (exact) mass is 241 g/mol. The molecule has 0 aliphatic heterocycles. The number of amides is 1. The molecular formula is C13H27N3O. The van der Waals surface area contributed by atoms with Crippen LogP contribution < -0.4 is 11.1 Å². The first-order valence-corrected chi connectivity index (χ1v) is 6.88. The zero-order valence-corrected chi connectivity index (χ0v) is 11.5. The largest absolute Gasteiger partial charge is 0.368 e. The van der Waals surface area contributed by atoms with E-state index in [0.29, 0.717) is 5.92 Å². The van der Waals surface area contributed by atoms with Gasteiger partial charge in [0.15, 0.2) is 0 Å². The van der Waals surface area contributed by atoms with Crippen LogP contribution >= 0.6 is 0 Å². The van der Waals surface area contributed by atoms with Crippen molar-refractivity contribution in [3.8, 4) is 0 Å². The van der Waals surface area contributed by atoms with E-state index in [1.54, 1.807) is 0 Å². The van der Waals surface area contributed by atoms with Crippen LogP contribution in [0.2, 0.25) is 0 Å². The predicted molar refractivity (Wildman–Crippen MR) is 70.7 cm³/mol. The van der Waals surface area contributed by atoms with Crippen LogP contribution in [0, 0.1) is 5.92 Å². The van der Waals surface area contributed by atoms with Crippen molar-refractivity contribution in [2.45, 2.75) is 45.6 Å². The second-order valence-corrected chi connectivity index (χ2v) is 4.92. The second-order valence-electron chi connectivity index (χ2n) is 4.92. The highest BCUT2D eigenvalue weighted by Crippen LogP contribution is 2.41. The van der Waals surface area contributed by atoms with Crippen molar-refractivity contribution >= 4 is 5.91 Å². The summed E-state index contributed by atoms with van der Waals surface area (Å²) in [5, 5.41) is 3.43. The molecule has 0 saturated heterocycles. The van der Waals surface area contributed by atoms with Gasteiger partial charge in [-0.15, -0.1) is 0 Å². The lowest BCUT2D eigenvalue weighted by molar-refractivity contribution is -0.125. The molecule has 1 atom stereocenters. The van der Waals surface area contributed by atoms with Gasteiger partial charge in [0.1, 0.15) is 5.54 Å². The van der Waals surface area contributed by atoms with Crippen LogP contribution in [0.25, 0.3) is 0 Å². The summed E-state index contributed by atoms with van der Waals surface area (Å²) in [5.41, 5.74) is 5.14. The van der Waals surface area contributed by atoms with Gasteiger partial charge in [0.2, 0.25) is 5.91 Å². The summed E-state index contributed by atoms with van der Waals surface area (Å²) in [6.45, 7) is 10.3. The predicted octanol–water partition coefficient (Wildman–Crippen LogP) is 0.962. The Morgan fingerprint density at radius 2 is 1.94 bits per heavy atom. The molecule has 1 unspecified atom stereocenters. The van der Waals surface area contributed by atoms with E-state index in [2.05, 4.69) is 24.1 Å². The van der Waals surface area contributed by atoms with Crippen molar-refractivity contribution in [3.63, 3.8) is 0 Å². The highest BCUT2D eigenvalue weighted by Gasteiger charge is 2.47. The molecular weight excluding hydrogens is 214 g/mol. The van der Waals surface area contributed by atoms with Crippen LogP contribution in [0.1, 0.15) is 40.0 Å². The fourth-order valence-electron chi connectivity index (χ4n) is 2.57. The summed E-state index contributed by atoms with van der Waals surface area (Å²) in [6.07, 6.45) is 3.06. The van der Waals surface area contributed by atoms with Gasteiger partial charge in [-0.05, 0) is 38.3 Å². The lowest BCUT2D eigenvalue weighted by atomic mass is 9.89. The Kier molecular flexibility index (Phi) is 5.40. The van der Waals surface area contributed by atoms with Crippen LogP contribution in [0.4, 0.5) is 0 Å². The summed E-state index contributed by atoms with van der Waals surface area (Å²) < 4.78 is 0. The van der Waals surface area contributed by atoms with Crippen molar-refractivity contribution in [2.24, 2.45) is 11.7 Å². The molecule has 1 fully saturated rings. The minimum atomic E-state index is -0.451. The first-order chi connectivity index (χ1) is 8.10. The average Bonchev–Trinajstić information content (AvgIpc) is 3.14. The Hall–Kier alpha value is -0.610. The standard InChI is InChI=1S/C13H27N3O/c1-4-13(12(14)17,11-7-8-11)15-9-10-16(5-2)6-3/h11,15H,4-10H2,1-3H3,(H2,14,17). The molecule has 4 nitrogen and oxygen atoms in total. The van der Waals surface area contributed by atoms with Gasteiger partial charge in [-0.2, -0.15) is 0 Å². The van der Waals surface area contributed by atoms with E-state index in [1.165, 1.54) is 0 Å². The fourth-order valence-corrected chi connectivity index (χ4v) is 2.57. The van der Waals surface area contributed by atoms with Gasteiger partial charge in [0.05, 0.1) is 0 Å². The third kappa shape index (κ3) is 3.42. The maximum atomic E-state index is 11.7. The van der Waals surface area contributed by atoms with Crippen molar-refractivity contribution in [2.75, 3.05) is 26.2 Å². The van der Waals surface area contributed by atoms with E-state index in [4.69, 9.17) is 5.73 Å². The average molecular weight is 241 g/mol. The fraction of sp³-hybridized carbons (Fsp3) is 0.923. The zero-order valence-electron chi connectivity index (χ0n) is 11.5. The Balaban J connectivity index is 2.47. The summed E-state index contributed by atoms with van der Waals surface area (Å²) in [5.74, 6) is 0.281. The highest BCUT2D eigenvalue weighted by atomic mass is 16.1. The van der Waals surface area contributed by atoms with Gasteiger partial charge >= 0.3 is 0 Å². The van der Waals surface area contributed by atoms with Crippen molar-refractivity contribution in [1.29, 1.82) is 0 Å². The molecule has 1 aliphatic carbocycles. The third-order valence-corrected chi connectivity index (χ3v) is 4.03. The first kappa shape index (κ1) is 14.5. The number of primary amides is 1. The molecule has 0 aromatic rings. The Bertz CT molecular complexity index is 249. The lowest BCUT2D eigenvalue weighted by Gasteiger charge is -2.32. The Morgan fingerprint density at radius 3 is 2.29 bits per heavy atom. The van der Waals surface area contributed by atoms with E-state index in [0.717, 1.165) is 45.4 Å². The second kappa shape index (κ2) is 6.36. The third-order valence-electron chi connectivity index (χ3n) is 4.03. The number of nitrogens with zero attached hydrogens (tertiary/aromatic N) is 1. The van der Waals surface area contributed by atoms with Gasteiger partial charge < -0.3 is 16.0 Å². The molecule has 0 spiro atoms. The number of rotatable bonds is 9. The number of likely N-dealkylation sites (N-methyl/N-ethyl adjacent to an activating group) is 1. The van der Waals surface area contributed by atoms with Crippen LogP contribution in [0.5, 0.6) is 0 Å².